The number of carbonyl (C=O) groups is 1. The normalized spacial score (nSPS) is 19.1. The first-order chi connectivity index (χ1) is 13.8. The van der Waals surface area contributed by atoms with Crippen LogP contribution in [0.4, 0.5) is 5.69 Å². The van der Waals surface area contributed by atoms with E-state index in [-0.39, 0.29) is 11.8 Å². The molecule has 1 amide bonds. The fourth-order valence-electron chi connectivity index (χ4n) is 3.10. The minimum absolute atomic E-state index is 0.0115. The third-order valence-corrected chi connectivity index (χ3v) is 8.56. The highest BCUT2D eigenvalue weighted by Gasteiger charge is 2.31. The molecule has 0 atom stereocenters. The van der Waals surface area contributed by atoms with Gasteiger partial charge >= 0.3 is 0 Å². The number of likely N-dealkylation sites (N-methyl/N-ethyl adjacent to an activating group) is 1. The van der Waals surface area contributed by atoms with Gasteiger partial charge in [-0.05, 0) is 51.1 Å². The summed E-state index contributed by atoms with van der Waals surface area (Å²) in [6.45, 7) is 4.25. The molecule has 0 bridgehead atoms. The first-order valence-corrected chi connectivity index (χ1v) is 11.8. The summed E-state index contributed by atoms with van der Waals surface area (Å²) in [5.74, 6) is 0.525. The van der Waals surface area contributed by atoms with E-state index < -0.39 is 10.0 Å². The molecule has 0 aromatic carbocycles. The molecule has 1 N–H and O–H groups in total. The average Bonchev–Trinajstić information content (AvgIpc) is 3.34. The Balaban J connectivity index is 1.48. The van der Waals surface area contributed by atoms with Crippen molar-refractivity contribution >= 4 is 45.1 Å². The summed E-state index contributed by atoms with van der Waals surface area (Å²) < 4.78 is 32.9. The van der Waals surface area contributed by atoms with Crippen molar-refractivity contribution in [1.82, 2.24) is 14.4 Å². The number of hydrogen-bond donors (Lipinski definition) is 1. The van der Waals surface area contributed by atoms with Gasteiger partial charge in [0.1, 0.15) is 15.6 Å². The lowest BCUT2D eigenvalue weighted by molar-refractivity contribution is -0.117. The van der Waals surface area contributed by atoms with Crippen LogP contribution in [0.3, 0.4) is 0 Å². The second kappa shape index (κ2) is 8.02. The number of aromatic nitrogens is 1. The number of nitrogens with one attached hydrogen (secondary N) is 1. The second-order valence-electron chi connectivity index (χ2n) is 7.47. The number of carbonyl (C=O) groups excluding carboxylic acids is 1. The summed E-state index contributed by atoms with van der Waals surface area (Å²) in [5.41, 5.74) is 1.18. The van der Waals surface area contributed by atoms with Gasteiger partial charge in [-0.1, -0.05) is 5.16 Å². The summed E-state index contributed by atoms with van der Waals surface area (Å²) in [6, 6.07) is 3.41. The fraction of sp³-hybridized carbons (Fsp3) is 0.474. The molecule has 1 aliphatic heterocycles. The standard InChI is InChI=1S/C19H24N4O4S2/c1-13-18(20-19(24)14-3-4-14)16(27-21-13)7-5-15-6-8-17(28-15)29(25,26)23-11-9-22(2)10-12-23/h5-8,14H,3-4,9-12H2,1-2H3,(H,20,24)/b7-5+. The van der Waals surface area contributed by atoms with Crippen LogP contribution in [0.15, 0.2) is 20.9 Å². The van der Waals surface area contributed by atoms with Crippen molar-refractivity contribution in [2.24, 2.45) is 5.92 Å². The Morgan fingerprint density at radius 3 is 2.66 bits per heavy atom. The molecule has 2 aromatic heterocycles. The lowest BCUT2D eigenvalue weighted by atomic mass is 10.2. The third kappa shape index (κ3) is 4.45. The van der Waals surface area contributed by atoms with Crippen LogP contribution in [-0.2, 0) is 14.8 Å². The van der Waals surface area contributed by atoms with Crippen LogP contribution < -0.4 is 5.32 Å². The summed E-state index contributed by atoms with van der Waals surface area (Å²) in [6.07, 6.45) is 5.32. The smallest absolute Gasteiger partial charge is 0.252 e. The Hall–Kier alpha value is -2.01. The molecule has 29 heavy (non-hydrogen) atoms. The Bertz CT molecular complexity index is 1030. The minimum Gasteiger partial charge on any atom is -0.354 e. The van der Waals surface area contributed by atoms with Crippen LogP contribution in [0.2, 0.25) is 0 Å². The van der Waals surface area contributed by atoms with Gasteiger partial charge in [0.25, 0.3) is 10.0 Å². The van der Waals surface area contributed by atoms with E-state index >= 15 is 0 Å². The van der Waals surface area contributed by atoms with Gasteiger partial charge in [-0.25, -0.2) is 8.42 Å². The number of sulfonamides is 1. The van der Waals surface area contributed by atoms with E-state index in [1.54, 1.807) is 31.2 Å². The van der Waals surface area contributed by atoms with E-state index in [0.29, 0.717) is 34.4 Å². The van der Waals surface area contributed by atoms with Crippen molar-refractivity contribution in [2.75, 3.05) is 38.5 Å². The number of aryl methyl sites for hydroxylation is 1. The molecule has 8 nitrogen and oxygen atoms in total. The van der Waals surface area contributed by atoms with Crippen LogP contribution in [0, 0.1) is 12.8 Å². The molecule has 1 saturated heterocycles. The third-order valence-electron chi connectivity index (χ3n) is 5.14. The SMILES string of the molecule is Cc1noc(/C=C/c2ccc(S(=O)(=O)N3CCN(C)CC3)s2)c1NC(=O)C1CC1. The van der Waals surface area contributed by atoms with E-state index in [0.717, 1.165) is 30.8 Å². The van der Waals surface area contributed by atoms with E-state index in [9.17, 15) is 13.2 Å². The van der Waals surface area contributed by atoms with Gasteiger partial charge in [-0.15, -0.1) is 11.3 Å². The maximum Gasteiger partial charge on any atom is 0.252 e. The number of hydrogen-bond acceptors (Lipinski definition) is 7. The molecule has 0 unspecified atom stereocenters. The molecule has 2 fully saturated rings. The average molecular weight is 437 g/mol. The quantitative estimate of drug-likeness (QED) is 0.748. The largest absolute Gasteiger partial charge is 0.354 e. The van der Waals surface area contributed by atoms with Crippen molar-refractivity contribution in [3.8, 4) is 0 Å². The lowest BCUT2D eigenvalue weighted by Crippen LogP contribution is -2.46. The number of amides is 1. The van der Waals surface area contributed by atoms with Gasteiger partial charge in [0.05, 0.1) is 0 Å². The van der Waals surface area contributed by atoms with Gasteiger partial charge in [0, 0.05) is 37.0 Å². The van der Waals surface area contributed by atoms with Crippen molar-refractivity contribution in [3.63, 3.8) is 0 Å². The fourth-order valence-corrected chi connectivity index (χ4v) is 5.91. The highest BCUT2D eigenvalue weighted by Crippen LogP contribution is 2.32. The number of thiophene rings is 1. The van der Waals surface area contributed by atoms with Gasteiger partial charge in [0.15, 0.2) is 5.76 Å². The zero-order valence-electron chi connectivity index (χ0n) is 16.4. The minimum atomic E-state index is -3.47. The van der Waals surface area contributed by atoms with Crippen LogP contribution in [0.5, 0.6) is 0 Å². The van der Waals surface area contributed by atoms with Gasteiger partial charge in [0.2, 0.25) is 5.91 Å². The molecular formula is C19H24N4O4S2. The zero-order chi connectivity index (χ0) is 20.6. The predicted octanol–water partition coefficient (Wildman–Crippen LogP) is 2.50. The molecule has 10 heteroatoms. The van der Waals surface area contributed by atoms with Crippen LogP contribution in [-0.4, -0.2) is 61.9 Å². The number of nitrogens with zero attached hydrogens (tertiary/aromatic N) is 3. The Kier molecular flexibility index (Phi) is 5.60. The van der Waals surface area contributed by atoms with E-state index in [4.69, 9.17) is 4.52 Å². The number of anilines is 1. The Morgan fingerprint density at radius 1 is 1.24 bits per heavy atom. The van der Waals surface area contributed by atoms with E-state index in [2.05, 4.69) is 15.4 Å². The van der Waals surface area contributed by atoms with Crippen molar-refractivity contribution < 1.29 is 17.7 Å². The highest BCUT2D eigenvalue weighted by molar-refractivity contribution is 7.91. The second-order valence-corrected chi connectivity index (χ2v) is 10.7. The molecule has 1 saturated carbocycles. The van der Waals surface area contributed by atoms with Crippen LogP contribution >= 0.6 is 11.3 Å². The van der Waals surface area contributed by atoms with Gasteiger partial charge < -0.3 is 14.7 Å². The molecular weight excluding hydrogens is 412 g/mol. The Morgan fingerprint density at radius 2 is 1.97 bits per heavy atom. The van der Waals surface area contributed by atoms with E-state index in [1.165, 1.54) is 15.6 Å². The molecule has 0 spiro atoms. The maximum atomic E-state index is 12.8. The van der Waals surface area contributed by atoms with Crippen molar-refractivity contribution in [3.05, 3.63) is 28.5 Å². The lowest BCUT2D eigenvalue weighted by Gasteiger charge is -2.31. The highest BCUT2D eigenvalue weighted by atomic mass is 32.2. The molecule has 3 heterocycles. The molecule has 2 aliphatic rings. The molecule has 156 valence electrons. The van der Waals surface area contributed by atoms with Crippen molar-refractivity contribution in [2.45, 2.75) is 24.0 Å². The van der Waals surface area contributed by atoms with E-state index in [1.807, 2.05) is 7.05 Å². The molecule has 0 radical (unpaired) electrons. The van der Waals surface area contributed by atoms with Crippen LogP contribution in [0.25, 0.3) is 12.2 Å². The monoisotopic (exact) mass is 436 g/mol. The van der Waals surface area contributed by atoms with Gasteiger partial charge in [-0.2, -0.15) is 4.31 Å². The summed E-state index contributed by atoms with van der Waals surface area (Å²) >= 11 is 1.22. The summed E-state index contributed by atoms with van der Waals surface area (Å²) in [4.78, 5) is 15.0. The number of piperazine rings is 1. The molecule has 2 aromatic rings. The first-order valence-electron chi connectivity index (χ1n) is 9.58. The number of rotatable bonds is 6. The predicted molar refractivity (Wildman–Crippen MR) is 112 cm³/mol. The van der Waals surface area contributed by atoms with Crippen molar-refractivity contribution in [1.29, 1.82) is 0 Å². The topological polar surface area (TPSA) is 95.8 Å². The van der Waals surface area contributed by atoms with Gasteiger partial charge in [-0.3, -0.25) is 4.79 Å². The summed E-state index contributed by atoms with van der Waals surface area (Å²) in [7, 11) is -1.48. The zero-order valence-corrected chi connectivity index (χ0v) is 18.1. The maximum absolute atomic E-state index is 12.8. The molecule has 4 rings (SSSR count). The summed E-state index contributed by atoms with van der Waals surface area (Å²) in [5, 5.41) is 6.81. The van der Waals surface area contributed by atoms with Crippen LogP contribution in [0.1, 0.15) is 29.2 Å². The Labute approximate surface area is 174 Å². The first kappa shape index (κ1) is 20.3. The molecule has 1 aliphatic carbocycles.